The van der Waals surface area contributed by atoms with Crippen LogP contribution in [-0.4, -0.2) is 22.3 Å². The average Bonchev–Trinajstić information content (AvgIpc) is 2.62. The molecule has 2 aromatic rings. The summed E-state index contributed by atoms with van der Waals surface area (Å²) >= 11 is 0. The first-order valence-electron chi connectivity index (χ1n) is 8.55. The van der Waals surface area contributed by atoms with Crippen molar-refractivity contribution in [3.8, 4) is 11.5 Å². The van der Waals surface area contributed by atoms with Crippen LogP contribution < -0.4 is 5.43 Å². The maximum absolute atomic E-state index is 11.9. The van der Waals surface area contributed by atoms with Crippen LogP contribution in [0.4, 0.5) is 0 Å². The van der Waals surface area contributed by atoms with E-state index in [1.165, 1.54) is 18.7 Å². The number of carbonyl (C=O) groups is 1. The second-order valence-electron chi connectivity index (χ2n) is 5.92. The molecule has 0 fully saturated rings. The Bertz CT molecular complexity index is 727. The standard InChI is InChI=1S/C20H24N2O3/c1-2-3-4-6-11-16-12-17(19(24)13-18(16)23)14-21-22-20(25)15-9-7-5-8-10-15/h5,7-10,12-14,23-24H,2-4,6,11H2,1H3,(H,22,25)/b21-14+. The zero-order valence-electron chi connectivity index (χ0n) is 14.4. The van der Waals surface area contributed by atoms with E-state index in [0.717, 1.165) is 31.2 Å². The first-order chi connectivity index (χ1) is 12.1. The van der Waals surface area contributed by atoms with Crippen molar-refractivity contribution in [3.63, 3.8) is 0 Å². The molecule has 132 valence electrons. The van der Waals surface area contributed by atoms with E-state index >= 15 is 0 Å². The third kappa shape index (κ3) is 5.64. The van der Waals surface area contributed by atoms with Gasteiger partial charge < -0.3 is 10.2 Å². The number of aryl methyl sites for hydroxylation is 1. The molecule has 0 heterocycles. The number of nitrogens with zero attached hydrogens (tertiary/aromatic N) is 1. The molecule has 2 rings (SSSR count). The van der Waals surface area contributed by atoms with Gasteiger partial charge in [-0.2, -0.15) is 5.10 Å². The smallest absolute Gasteiger partial charge is 0.271 e. The minimum Gasteiger partial charge on any atom is -0.508 e. The van der Waals surface area contributed by atoms with Crippen LogP contribution in [0.15, 0.2) is 47.6 Å². The lowest BCUT2D eigenvalue weighted by atomic mass is 10.0. The molecule has 0 aliphatic heterocycles. The highest BCUT2D eigenvalue weighted by Gasteiger charge is 2.08. The molecule has 0 aliphatic carbocycles. The van der Waals surface area contributed by atoms with E-state index in [4.69, 9.17) is 0 Å². The first kappa shape index (κ1) is 18.5. The summed E-state index contributed by atoms with van der Waals surface area (Å²) in [5.74, 6) is -0.318. The Balaban J connectivity index is 2.01. The molecule has 2 aromatic carbocycles. The number of aromatic hydroxyl groups is 2. The van der Waals surface area contributed by atoms with Crippen LogP contribution in [0.1, 0.15) is 54.1 Å². The largest absolute Gasteiger partial charge is 0.508 e. The Kier molecular flexibility index (Phi) is 7.01. The predicted molar refractivity (Wildman–Crippen MR) is 99.1 cm³/mol. The average molecular weight is 340 g/mol. The van der Waals surface area contributed by atoms with Gasteiger partial charge in [0, 0.05) is 17.2 Å². The number of hydrogen-bond acceptors (Lipinski definition) is 4. The zero-order valence-corrected chi connectivity index (χ0v) is 14.4. The number of benzene rings is 2. The summed E-state index contributed by atoms with van der Waals surface area (Å²) in [6.45, 7) is 2.15. The first-order valence-corrected chi connectivity index (χ1v) is 8.55. The SMILES string of the molecule is CCCCCCc1cc(/C=N/NC(=O)c2ccccc2)c(O)cc1O. The molecule has 0 saturated heterocycles. The van der Waals surface area contributed by atoms with Gasteiger partial charge in [-0.25, -0.2) is 5.43 Å². The van der Waals surface area contributed by atoms with Gasteiger partial charge >= 0.3 is 0 Å². The second kappa shape index (κ2) is 9.47. The van der Waals surface area contributed by atoms with Gasteiger partial charge in [0.15, 0.2) is 0 Å². The molecule has 25 heavy (non-hydrogen) atoms. The lowest BCUT2D eigenvalue weighted by Gasteiger charge is -2.08. The van der Waals surface area contributed by atoms with Crippen molar-refractivity contribution in [2.45, 2.75) is 39.0 Å². The molecule has 0 aliphatic rings. The van der Waals surface area contributed by atoms with Crippen LogP contribution in [0, 0.1) is 0 Å². The molecule has 1 amide bonds. The predicted octanol–water partition coefficient (Wildman–Crippen LogP) is 3.98. The molecular weight excluding hydrogens is 316 g/mol. The Hall–Kier alpha value is -2.82. The van der Waals surface area contributed by atoms with E-state index in [2.05, 4.69) is 17.5 Å². The molecule has 5 nitrogen and oxygen atoms in total. The summed E-state index contributed by atoms with van der Waals surface area (Å²) in [5, 5.41) is 23.8. The summed E-state index contributed by atoms with van der Waals surface area (Å²) in [5.41, 5.74) is 4.15. The number of phenols is 2. The van der Waals surface area contributed by atoms with Gasteiger partial charge in [-0.3, -0.25) is 4.79 Å². The summed E-state index contributed by atoms with van der Waals surface area (Å²) in [6.07, 6.45) is 6.52. The van der Waals surface area contributed by atoms with Crippen molar-refractivity contribution in [2.24, 2.45) is 5.10 Å². The van der Waals surface area contributed by atoms with Gasteiger partial charge in [-0.15, -0.1) is 0 Å². The summed E-state index contributed by atoms with van der Waals surface area (Å²) in [4.78, 5) is 11.9. The van der Waals surface area contributed by atoms with Gasteiger partial charge in [0.1, 0.15) is 11.5 Å². The van der Waals surface area contributed by atoms with Crippen molar-refractivity contribution in [3.05, 3.63) is 59.2 Å². The van der Waals surface area contributed by atoms with E-state index in [1.54, 1.807) is 30.3 Å². The number of unbranched alkanes of at least 4 members (excludes halogenated alkanes) is 3. The normalized spacial score (nSPS) is 10.9. The molecule has 0 bridgehead atoms. The van der Waals surface area contributed by atoms with Gasteiger partial charge in [0.2, 0.25) is 0 Å². The van der Waals surface area contributed by atoms with Crippen LogP contribution in [-0.2, 0) is 6.42 Å². The third-order valence-corrected chi connectivity index (χ3v) is 3.93. The van der Waals surface area contributed by atoms with Crippen LogP contribution in [0.5, 0.6) is 11.5 Å². The number of phenolic OH excluding ortho intramolecular Hbond substituents is 2. The highest BCUT2D eigenvalue weighted by Crippen LogP contribution is 2.27. The minimum atomic E-state index is -0.324. The van der Waals surface area contributed by atoms with Gasteiger partial charge in [0.25, 0.3) is 5.91 Å². The van der Waals surface area contributed by atoms with Crippen LogP contribution >= 0.6 is 0 Å². The molecule has 0 spiro atoms. The van der Waals surface area contributed by atoms with E-state index in [1.807, 2.05) is 6.07 Å². The summed E-state index contributed by atoms with van der Waals surface area (Å²) in [6, 6.07) is 11.8. The van der Waals surface area contributed by atoms with Gasteiger partial charge in [0.05, 0.1) is 6.21 Å². The number of hydrazone groups is 1. The maximum atomic E-state index is 11.9. The van der Waals surface area contributed by atoms with Gasteiger partial charge in [-0.1, -0.05) is 44.4 Å². The Morgan fingerprint density at radius 2 is 1.84 bits per heavy atom. The van der Waals surface area contributed by atoms with Crippen LogP contribution in [0.2, 0.25) is 0 Å². The van der Waals surface area contributed by atoms with Gasteiger partial charge in [-0.05, 0) is 36.6 Å². The molecular formula is C20H24N2O3. The topological polar surface area (TPSA) is 81.9 Å². The van der Waals surface area contributed by atoms with Crippen LogP contribution in [0.3, 0.4) is 0 Å². The number of rotatable bonds is 8. The Morgan fingerprint density at radius 3 is 2.56 bits per heavy atom. The second-order valence-corrected chi connectivity index (χ2v) is 5.92. The molecule has 0 unspecified atom stereocenters. The maximum Gasteiger partial charge on any atom is 0.271 e. The molecule has 3 N–H and O–H groups in total. The summed E-state index contributed by atoms with van der Waals surface area (Å²) in [7, 11) is 0. The van der Waals surface area contributed by atoms with E-state index in [-0.39, 0.29) is 17.4 Å². The zero-order chi connectivity index (χ0) is 18.1. The fraction of sp³-hybridized carbons (Fsp3) is 0.300. The number of carbonyl (C=O) groups excluding carboxylic acids is 1. The lowest BCUT2D eigenvalue weighted by Crippen LogP contribution is -2.17. The van der Waals surface area contributed by atoms with Crippen molar-refractivity contribution < 1.29 is 15.0 Å². The van der Waals surface area contributed by atoms with E-state index in [0.29, 0.717) is 11.1 Å². The monoisotopic (exact) mass is 340 g/mol. The molecule has 0 radical (unpaired) electrons. The minimum absolute atomic E-state index is 0.0764. The molecule has 0 saturated carbocycles. The van der Waals surface area contributed by atoms with Crippen molar-refractivity contribution >= 4 is 12.1 Å². The fourth-order valence-electron chi connectivity index (χ4n) is 2.50. The summed E-state index contributed by atoms with van der Waals surface area (Å²) < 4.78 is 0. The Labute approximate surface area is 148 Å². The van der Waals surface area contributed by atoms with Crippen LogP contribution in [0.25, 0.3) is 0 Å². The highest BCUT2D eigenvalue weighted by atomic mass is 16.3. The Morgan fingerprint density at radius 1 is 1.08 bits per heavy atom. The number of hydrogen-bond donors (Lipinski definition) is 3. The molecule has 0 atom stereocenters. The molecule has 0 aromatic heterocycles. The van der Waals surface area contributed by atoms with Crippen molar-refractivity contribution in [2.75, 3.05) is 0 Å². The quantitative estimate of drug-likeness (QED) is 0.386. The number of nitrogens with one attached hydrogen (secondary N) is 1. The van der Waals surface area contributed by atoms with Crippen molar-refractivity contribution in [1.29, 1.82) is 0 Å². The highest BCUT2D eigenvalue weighted by molar-refractivity contribution is 5.95. The van der Waals surface area contributed by atoms with E-state index in [9.17, 15) is 15.0 Å². The molecule has 5 heteroatoms. The van der Waals surface area contributed by atoms with Crippen molar-refractivity contribution in [1.82, 2.24) is 5.43 Å². The number of amides is 1. The fourth-order valence-corrected chi connectivity index (χ4v) is 2.50. The third-order valence-electron chi connectivity index (χ3n) is 3.93. The lowest BCUT2D eigenvalue weighted by molar-refractivity contribution is 0.0955. The van der Waals surface area contributed by atoms with E-state index < -0.39 is 0 Å².